The molecule has 0 bridgehead atoms. The molecule has 3 rings (SSSR count). The summed E-state index contributed by atoms with van der Waals surface area (Å²) in [5, 5.41) is 15.5. The van der Waals surface area contributed by atoms with Gasteiger partial charge in [-0.1, -0.05) is 18.2 Å². The van der Waals surface area contributed by atoms with Crippen LogP contribution in [0.3, 0.4) is 0 Å². The van der Waals surface area contributed by atoms with Gasteiger partial charge < -0.3 is 4.74 Å². The largest absolute Gasteiger partial charge is 0.457 e. The van der Waals surface area contributed by atoms with Crippen LogP contribution in [0.25, 0.3) is 11.4 Å². The Bertz CT molecular complexity index is 975. The van der Waals surface area contributed by atoms with Crippen LogP contribution < -0.4 is 0 Å². The number of aromatic amines is 1. The molecule has 0 saturated carbocycles. The van der Waals surface area contributed by atoms with E-state index in [2.05, 4.69) is 15.2 Å². The first-order chi connectivity index (χ1) is 12.1. The van der Waals surface area contributed by atoms with Crippen molar-refractivity contribution in [2.75, 3.05) is 0 Å². The second kappa shape index (κ2) is 6.93. The van der Waals surface area contributed by atoms with Crippen molar-refractivity contribution in [2.45, 2.75) is 13.5 Å². The minimum Gasteiger partial charge on any atom is -0.457 e. The summed E-state index contributed by atoms with van der Waals surface area (Å²) in [6.45, 7) is 1.69. The lowest BCUT2D eigenvalue weighted by Gasteiger charge is -2.06. The lowest BCUT2D eigenvalue weighted by atomic mass is 10.1. The molecule has 0 fully saturated rings. The van der Waals surface area contributed by atoms with Gasteiger partial charge in [0.05, 0.1) is 11.1 Å². The number of aromatic nitrogens is 3. The summed E-state index contributed by atoms with van der Waals surface area (Å²) in [6.07, 6.45) is 0. The Morgan fingerprint density at radius 2 is 2.16 bits per heavy atom. The smallest absolute Gasteiger partial charge is 0.338 e. The Morgan fingerprint density at radius 3 is 2.84 bits per heavy atom. The zero-order valence-electron chi connectivity index (χ0n) is 13.3. The topological polar surface area (TPSA) is 91.7 Å². The number of halogens is 1. The molecule has 6 nitrogen and oxygen atoms in total. The number of esters is 1. The minimum atomic E-state index is -0.641. The number of carbonyl (C=O) groups is 1. The van der Waals surface area contributed by atoms with E-state index in [-0.39, 0.29) is 12.2 Å². The number of ether oxygens (including phenoxy) is 1. The molecule has 1 N–H and O–H groups in total. The summed E-state index contributed by atoms with van der Waals surface area (Å²) in [5.41, 5.74) is 1.44. The van der Waals surface area contributed by atoms with E-state index >= 15 is 0 Å². The van der Waals surface area contributed by atoms with Crippen LogP contribution in [0.5, 0.6) is 0 Å². The van der Waals surface area contributed by atoms with Crippen molar-refractivity contribution in [3.63, 3.8) is 0 Å². The van der Waals surface area contributed by atoms with Gasteiger partial charge in [0.1, 0.15) is 24.3 Å². The number of hydrogen-bond donors (Lipinski definition) is 1. The number of carbonyl (C=O) groups excluding carboxylic acids is 1. The Labute approximate surface area is 142 Å². The summed E-state index contributed by atoms with van der Waals surface area (Å²) >= 11 is 0. The zero-order valence-corrected chi connectivity index (χ0v) is 13.3. The molecule has 0 spiro atoms. The highest BCUT2D eigenvalue weighted by Crippen LogP contribution is 2.17. The van der Waals surface area contributed by atoms with Crippen LogP contribution in [0, 0.1) is 24.1 Å². The van der Waals surface area contributed by atoms with Gasteiger partial charge in [-0.15, -0.1) is 0 Å². The fraction of sp³-hybridized carbons (Fsp3) is 0.111. The third-order valence-corrected chi connectivity index (χ3v) is 3.48. The van der Waals surface area contributed by atoms with Crippen molar-refractivity contribution in [2.24, 2.45) is 0 Å². The Balaban J connectivity index is 1.71. The average Bonchev–Trinajstić information content (AvgIpc) is 3.06. The Hall–Kier alpha value is -3.53. The van der Waals surface area contributed by atoms with Gasteiger partial charge in [-0.2, -0.15) is 10.4 Å². The van der Waals surface area contributed by atoms with Crippen LogP contribution in [0.2, 0.25) is 0 Å². The van der Waals surface area contributed by atoms with Gasteiger partial charge in [0.15, 0.2) is 5.82 Å². The molecule has 0 atom stereocenters. The first-order valence-electron chi connectivity index (χ1n) is 7.42. The van der Waals surface area contributed by atoms with Crippen LogP contribution in [0.15, 0.2) is 42.5 Å². The molecule has 0 saturated heterocycles. The summed E-state index contributed by atoms with van der Waals surface area (Å²) in [6, 6.07) is 12.6. The molecule has 0 radical (unpaired) electrons. The molecule has 2 aromatic carbocycles. The molecule has 25 heavy (non-hydrogen) atoms. The number of rotatable bonds is 4. The molecular formula is C18H13FN4O2. The normalized spacial score (nSPS) is 10.3. The third kappa shape index (κ3) is 3.70. The maximum atomic E-state index is 13.6. The summed E-state index contributed by atoms with van der Waals surface area (Å²) in [4.78, 5) is 16.4. The van der Waals surface area contributed by atoms with Gasteiger partial charge in [0.2, 0.25) is 0 Å². The molecule has 0 aliphatic heterocycles. The van der Waals surface area contributed by atoms with Gasteiger partial charge in [-0.3, -0.25) is 5.10 Å². The Morgan fingerprint density at radius 1 is 1.32 bits per heavy atom. The van der Waals surface area contributed by atoms with Gasteiger partial charge >= 0.3 is 5.97 Å². The van der Waals surface area contributed by atoms with Crippen molar-refractivity contribution in [1.82, 2.24) is 15.2 Å². The molecule has 7 heteroatoms. The van der Waals surface area contributed by atoms with Gasteiger partial charge in [-0.05, 0) is 36.8 Å². The summed E-state index contributed by atoms with van der Waals surface area (Å²) < 4.78 is 18.8. The van der Waals surface area contributed by atoms with Crippen molar-refractivity contribution >= 4 is 5.97 Å². The zero-order chi connectivity index (χ0) is 17.8. The number of aryl methyl sites for hydroxylation is 1. The van der Waals surface area contributed by atoms with E-state index in [0.29, 0.717) is 28.3 Å². The van der Waals surface area contributed by atoms with E-state index in [1.165, 1.54) is 12.1 Å². The maximum Gasteiger partial charge on any atom is 0.338 e. The quantitative estimate of drug-likeness (QED) is 0.739. The van der Waals surface area contributed by atoms with E-state index in [1.807, 2.05) is 0 Å². The van der Waals surface area contributed by atoms with Gasteiger partial charge in [0.25, 0.3) is 0 Å². The van der Waals surface area contributed by atoms with Gasteiger partial charge in [-0.25, -0.2) is 14.2 Å². The molecular weight excluding hydrogens is 323 g/mol. The predicted molar refractivity (Wildman–Crippen MR) is 86.8 cm³/mol. The standard InChI is InChI=1S/C18H13FN4O2/c1-11-21-17(23-22-11)13-3-2-4-14(8-13)18(24)25-10-12-5-6-15(9-20)16(19)7-12/h2-8H,10H2,1H3,(H,21,22,23). The number of benzene rings is 2. The molecule has 0 aliphatic rings. The third-order valence-electron chi connectivity index (χ3n) is 3.48. The van der Waals surface area contributed by atoms with Crippen molar-refractivity contribution < 1.29 is 13.9 Å². The highest BCUT2D eigenvalue weighted by Gasteiger charge is 2.11. The lowest BCUT2D eigenvalue weighted by Crippen LogP contribution is -2.05. The first-order valence-corrected chi connectivity index (χ1v) is 7.42. The van der Waals surface area contributed by atoms with Crippen LogP contribution in [-0.4, -0.2) is 21.2 Å². The molecule has 3 aromatic rings. The minimum absolute atomic E-state index is 0.0513. The number of nitriles is 1. The van der Waals surface area contributed by atoms with Crippen molar-refractivity contribution in [3.05, 3.63) is 70.8 Å². The number of nitrogens with one attached hydrogen (secondary N) is 1. The molecule has 124 valence electrons. The summed E-state index contributed by atoms with van der Waals surface area (Å²) in [5.74, 6) is -0.0240. The van der Waals surface area contributed by atoms with E-state index in [1.54, 1.807) is 43.3 Å². The molecule has 0 amide bonds. The second-order valence-corrected chi connectivity index (χ2v) is 5.33. The van der Waals surface area contributed by atoms with E-state index < -0.39 is 11.8 Å². The molecule has 1 heterocycles. The monoisotopic (exact) mass is 336 g/mol. The van der Waals surface area contributed by atoms with E-state index in [4.69, 9.17) is 10.00 Å². The first kappa shape index (κ1) is 16.3. The lowest BCUT2D eigenvalue weighted by molar-refractivity contribution is 0.0472. The van der Waals surface area contributed by atoms with Crippen LogP contribution >= 0.6 is 0 Å². The second-order valence-electron chi connectivity index (χ2n) is 5.33. The van der Waals surface area contributed by atoms with Gasteiger partial charge in [0, 0.05) is 5.56 Å². The number of H-pyrrole nitrogens is 1. The van der Waals surface area contributed by atoms with Crippen LogP contribution in [0.1, 0.15) is 27.3 Å². The highest BCUT2D eigenvalue weighted by atomic mass is 19.1. The SMILES string of the molecule is Cc1nc(-c2cccc(C(=O)OCc3ccc(C#N)c(F)c3)c2)n[nH]1. The molecule has 0 aliphatic carbocycles. The summed E-state index contributed by atoms with van der Waals surface area (Å²) in [7, 11) is 0. The average molecular weight is 336 g/mol. The highest BCUT2D eigenvalue weighted by molar-refractivity contribution is 5.90. The van der Waals surface area contributed by atoms with Crippen molar-refractivity contribution in [3.8, 4) is 17.5 Å². The maximum absolute atomic E-state index is 13.6. The predicted octanol–water partition coefficient (Wildman–Crippen LogP) is 3.15. The van der Waals surface area contributed by atoms with E-state index in [9.17, 15) is 9.18 Å². The number of hydrogen-bond acceptors (Lipinski definition) is 5. The van der Waals surface area contributed by atoms with E-state index in [0.717, 1.165) is 0 Å². The fourth-order valence-corrected chi connectivity index (χ4v) is 2.23. The van der Waals surface area contributed by atoms with Crippen LogP contribution in [0.4, 0.5) is 4.39 Å². The number of nitrogens with zero attached hydrogens (tertiary/aromatic N) is 3. The molecule has 0 unspecified atom stereocenters. The molecule has 1 aromatic heterocycles. The van der Waals surface area contributed by atoms with Crippen molar-refractivity contribution in [1.29, 1.82) is 5.26 Å². The van der Waals surface area contributed by atoms with Crippen LogP contribution in [-0.2, 0) is 11.3 Å². The fourth-order valence-electron chi connectivity index (χ4n) is 2.23. The Kier molecular flexibility index (Phi) is 4.53.